The highest BCUT2D eigenvalue weighted by atomic mass is 16.5. The molecule has 0 bridgehead atoms. The van der Waals surface area contributed by atoms with Crippen LogP contribution in [0.1, 0.15) is 33.1 Å². The van der Waals surface area contributed by atoms with E-state index in [4.69, 9.17) is 4.74 Å². The van der Waals surface area contributed by atoms with Gasteiger partial charge in [-0.1, -0.05) is 13.3 Å². The van der Waals surface area contributed by atoms with Gasteiger partial charge in [-0.25, -0.2) is 0 Å². The van der Waals surface area contributed by atoms with Gasteiger partial charge < -0.3 is 10.1 Å². The third-order valence-electron chi connectivity index (χ3n) is 2.47. The fraction of sp³-hybridized carbons (Fsp3) is 1.00. The molecule has 1 aliphatic heterocycles. The van der Waals surface area contributed by atoms with Crippen LogP contribution in [-0.4, -0.2) is 25.8 Å². The first-order valence-corrected chi connectivity index (χ1v) is 5.15. The van der Waals surface area contributed by atoms with E-state index in [1.54, 1.807) is 0 Å². The maximum absolute atomic E-state index is 5.73. The maximum Gasteiger partial charge on any atom is 0.0547 e. The first kappa shape index (κ1) is 10.0. The molecule has 2 heteroatoms. The van der Waals surface area contributed by atoms with Crippen LogP contribution in [-0.2, 0) is 4.74 Å². The fourth-order valence-corrected chi connectivity index (χ4v) is 1.65. The Bertz CT molecular complexity index is 110. The SMILES string of the molecule is CCCC(C)OCC1CCNC1. The van der Waals surface area contributed by atoms with Crippen molar-refractivity contribution in [3.05, 3.63) is 0 Å². The number of nitrogens with one attached hydrogen (secondary N) is 1. The summed E-state index contributed by atoms with van der Waals surface area (Å²) in [6.07, 6.45) is 4.17. The topological polar surface area (TPSA) is 21.3 Å². The van der Waals surface area contributed by atoms with Crippen molar-refractivity contribution in [1.29, 1.82) is 0 Å². The summed E-state index contributed by atoms with van der Waals surface area (Å²) in [5.41, 5.74) is 0. The number of ether oxygens (including phenoxy) is 1. The lowest BCUT2D eigenvalue weighted by molar-refractivity contribution is 0.0389. The number of hydrogen-bond donors (Lipinski definition) is 1. The van der Waals surface area contributed by atoms with Crippen molar-refractivity contribution < 1.29 is 4.74 Å². The van der Waals surface area contributed by atoms with E-state index in [9.17, 15) is 0 Å². The maximum atomic E-state index is 5.73. The van der Waals surface area contributed by atoms with E-state index in [1.165, 1.54) is 25.8 Å². The molecule has 0 aromatic carbocycles. The number of rotatable bonds is 5. The summed E-state index contributed by atoms with van der Waals surface area (Å²) in [6.45, 7) is 7.66. The van der Waals surface area contributed by atoms with Gasteiger partial charge in [0, 0.05) is 6.54 Å². The summed E-state index contributed by atoms with van der Waals surface area (Å²) in [5, 5.41) is 3.35. The average Bonchev–Trinajstić information content (AvgIpc) is 2.53. The predicted molar refractivity (Wildman–Crippen MR) is 51.3 cm³/mol. The summed E-state index contributed by atoms with van der Waals surface area (Å²) in [7, 11) is 0. The normalized spacial score (nSPS) is 26.0. The zero-order valence-corrected chi connectivity index (χ0v) is 8.31. The minimum atomic E-state index is 0.454. The monoisotopic (exact) mass is 171 g/mol. The Kier molecular flexibility index (Phi) is 4.62. The molecule has 0 aromatic heterocycles. The highest BCUT2D eigenvalue weighted by Gasteiger charge is 2.15. The van der Waals surface area contributed by atoms with Crippen molar-refractivity contribution in [3.63, 3.8) is 0 Å². The number of hydrogen-bond acceptors (Lipinski definition) is 2. The molecule has 1 rings (SSSR count). The van der Waals surface area contributed by atoms with E-state index in [1.807, 2.05) is 0 Å². The minimum Gasteiger partial charge on any atom is -0.378 e. The van der Waals surface area contributed by atoms with Gasteiger partial charge >= 0.3 is 0 Å². The lowest BCUT2D eigenvalue weighted by atomic mass is 10.1. The zero-order chi connectivity index (χ0) is 8.81. The van der Waals surface area contributed by atoms with Gasteiger partial charge in [0.05, 0.1) is 12.7 Å². The lowest BCUT2D eigenvalue weighted by Crippen LogP contribution is -2.17. The van der Waals surface area contributed by atoms with Gasteiger partial charge in [0.2, 0.25) is 0 Å². The Balaban J connectivity index is 1.99. The van der Waals surface area contributed by atoms with E-state index in [0.717, 1.165) is 19.1 Å². The first-order valence-electron chi connectivity index (χ1n) is 5.15. The molecule has 0 saturated carbocycles. The molecule has 12 heavy (non-hydrogen) atoms. The van der Waals surface area contributed by atoms with Crippen molar-refractivity contribution in [1.82, 2.24) is 5.32 Å². The Morgan fingerprint density at radius 2 is 2.42 bits per heavy atom. The molecular formula is C10H21NO. The van der Waals surface area contributed by atoms with Crippen LogP contribution in [0, 0.1) is 5.92 Å². The summed E-state index contributed by atoms with van der Waals surface area (Å²) >= 11 is 0. The van der Waals surface area contributed by atoms with Gasteiger partial charge in [-0.15, -0.1) is 0 Å². The van der Waals surface area contributed by atoms with E-state index in [0.29, 0.717) is 6.10 Å². The molecule has 0 spiro atoms. The first-order chi connectivity index (χ1) is 5.83. The van der Waals surface area contributed by atoms with Crippen LogP contribution in [0.4, 0.5) is 0 Å². The third-order valence-corrected chi connectivity index (χ3v) is 2.47. The van der Waals surface area contributed by atoms with E-state index in [2.05, 4.69) is 19.2 Å². The van der Waals surface area contributed by atoms with Crippen LogP contribution in [0.25, 0.3) is 0 Å². The Labute approximate surface area is 75.7 Å². The largest absolute Gasteiger partial charge is 0.378 e. The Hall–Kier alpha value is -0.0800. The second-order valence-corrected chi connectivity index (χ2v) is 3.79. The molecule has 72 valence electrons. The summed E-state index contributed by atoms with van der Waals surface area (Å²) in [6, 6.07) is 0. The van der Waals surface area contributed by atoms with Crippen LogP contribution in [0.15, 0.2) is 0 Å². The lowest BCUT2D eigenvalue weighted by Gasteiger charge is -2.14. The highest BCUT2D eigenvalue weighted by Crippen LogP contribution is 2.10. The molecule has 0 radical (unpaired) electrons. The van der Waals surface area contributed by atoms with Gasteiger partial charge in [0.1, 0.15) is 0 Å². The Morgan fingerprint density at radius 3 is 3.00 bits per heavy atom. The molecule has 0 amide bonds. The van der Waals surface area contributed by atoms with Crippen LogP contribution in [0.5, 0.6) is 0 Å². The molecule has 1 fully saturated rings. The van der Waals surface area contributed by atoms with Gasteiger partial charge in [0.25, 0.3) is 0 Å². The average molecular weight is 171 g/mol. The summed E-state index contributed by atoms with van der Waals surface area (Å²) < 4.78 is 5.73. The van der Waals surface area contributed by atoms with E-state index >= 15 is 0 Å². The van der Waals surface area contributed by atoms with Gasteiger partial charge in [-0.3, -0.25) is 0 Å². The van der Waals surface area contributed by atoms with Crippen molar-refractivity contribution >= 4 is 0 Å². The molecule has 1 N–H and O–H groups in total. The van der Waals surface area contributed by atoms with Crippen LogP contribution in [0.2, 0.25) is 0 Å². The standard InChI is InChI=1S/C10H21NO/c1-3-4-9(2)12-8-10-5-6-11-7-10/h9-11H,3-8H2,1-2H3. The van der Waals surface area contributed by atoms with Gasteiger partial charge in [0.15, 0.2) is 0 Å². The molecule has 0 aromatic rings. The van der Waals surface area contributed by atoms with Crippen LogP contribution < -0.4 is 5.32 Å². The van der Waals surface area contributed by atoms with E-state index < -0.39 is 0 Å². The molecule has 1 aliphatic rings. The fourth-order valence-electron chi connectivity index (χ4n) is 1.65. The third kappa shape index (κ3) is 3.55. The smallest absolute Gasteiger partial charge is 0.0547 e. The molecule has 2 unspecified atom stereocenters. The summed E-state index contributed by atoms with van der Waals surface area (Å²) in [4.78, 5) is 0. The van der Waals surface area contributed by atoms with Gasteiger partial charge in [-0.05, 0) is 32.2 Å². The molecule has 0 aliphatic carbocycles. The summed E-state index contributed by atoms with van der Waals surface area (Å²) in [5.74, 6) is 0.768. The second-order valence-electron chi connectivity index (χ2n) is 3.79. The van der Waals surface area contributed by atoms with Crippen LogP contribution in [0.3, 0.4) is 0 Å². The van der Waals surface area contributed by atoms with Crippen molar-refractivity contribution in [2.45, 2.75) is 39.2 Å². The molecule has 2 atom stereocenters. The Morgan fingerprint density at radius 1 is 1.58 bits per heavy atom. The van der Waals surface area contributed by atoms with Crippen LogP contribution >= 0.6 is 0 Å². The zero-order valence-electron chi connectivity index (χ0n) is 8.31. The molecular weight excluding hydrogens is 150 g/mol. The van der Waals surface area contributed by atoms with E-state index in [-0.39, 0.29) is 0 Å². The molecule has 1 saturated heterocycles. The highest BCUT2D eigenvalue weighted by molar-refractivity contribution is 4.70. The van der Waals surface area contributed by atoms with Crippen molar-refractivity contribution in [3.8, 4) is 0 Å². The second kappa shape index (κ2) is 5.55. The molecule has 2 nitrogen and oxygen atoms in total. The van der Waals surface area contributed by atoms with Crippen molar-refractivity contribution in [2.24, 2.45) is 5.92 Å². The quantitative estimate of drug-likeness (QED) is 0.681. The molecule has 1 heterocycles. The predicted octanol–water partition coefficient (Wildman–Crippen LogP) is 1.80. The minimum absolute atomic E-state index is 0.454. The van der Waals surface area contributed by atoms with Gasteiger partial charge in [-0.2, -0.15) is 0 Å². The van der Waals surface area contributed by atoms with Crippen molar-refractivity contribution in [2.75, 3.05) is 19.7 Å².